The molecule has 0 saturated heterocycles. The van der Waals surface area contributed by atoms with Gasteiger partial charge in [-0.15, -0.1) is 0 Å². The Morgan fingerprint density at radius 2 is 2.15 bits per heavy atom. The first-order chi connectivity index (χ1) is 9.78. The molecule has 0 aromatic carbocycles. The lowest BCUT2D eigenvalue weighted by Crippen LogP contribution is -2.42. The Balaban J connectivity index is 2.02. The molecule has 1 fully saturated rings. The van der Waals surface area contributed by atoms with Crippen LogP contribution < -0.4 is 5.32 Å². The van der Waals surface area contributed by atoms with Crippen molar-refractivity contribution in [2.45, 2.75) is 71.9 Å². The fraction of sp³-hybridized carbons (Fsp3) is 0.875. The first-order valence-corrected chi connectivity index (χ1v) is 8.38. The summed E-state index contributed by atoms with van der Waals surface area (Å²) < 4.78 is 2.05. The molecule has 0 spiro atoms. The summed E-state index contributed by atoms with van der Waals surface area (Å²) in [5.74, 6) is 2.80. The van der Waals surface area contributed by atoms with E-state index in [2.05, 4.69) is 36.2 Å². The second kappa shape index (κ2) is 7.77. The molecular weight excluding hydrogens is 248 g/mol. The van der Waals surface area contributed by atoms with E-state index in [4.69, 9.17) is 0 Å². The maximum Gasteiger partial charge on any atom is 0.138 e. The quantitative estimate of drug-likeness (QED) is 0.833. The van der Waals surface area contributed by atoms with Crippen LogP contribution in [-0.4, -0.2) is 27.4 Å². The Labute approximate surface area is 123 Å². The highest BCUT2D eigenvalue weighted by molar-refractivity contribution is 4.94. The number of aromatic nitrogens is 3. The van der Waals surface area contributed by atoms with Crippen molar-refractivity contribution in [3.63, 3.8) is 0 Å². The molecule has 0 bridgehead atoms. The number of nitrogens with one attached hydrogen (secondary N) is 1. The minimum atomic E-state index is 0.662. The molecule has 1 heterocycles. The Kier molecular flexibility index (Phi) is 6.02. The van der Waals surface area contributed by atoms with Crippen LogP contribution in [0, 0.1) is 11.8 Å². The monoisotopic (exact) mass is 278 g/mol. The van der Waals surface area contributed by atoms with E-state index in [1.807, 2.05) is 4.68 Å². The van der Waals surface area contributed by atoms with E-state index in [0.717, 1.165) is 37.2 Å². The van der Waals surface area contributed by atoms with Gasteiger partial charge in [-0.2, -0.15) is 5.10 Å². The zero-order valence-electron chi connectivity index (χ0n) is 13.3. The van der Waals surface area contributed by atoms with Crippen LogP contribution in [0.1, 0.15) is 58.7 Å². The third-order valence-electron chi connectivity index (χ3n) is 4.69. The predicted molar refractivity (Wildman–Crippen MR) is 82.6 cm³/mol. The zero-order valence-corrected chi connectivity index (χ0v) is 13.3. The molecular formula is C16H30N4. The van der Waals surface area contributed by atoms with Crippen molar-refractivity contribution in [1.29, 1.82) is 0 Å². The second-order valence-electron chi connectivity index (χ2n) is 6.09. The van der Waals surface area contributed by atoms with Gasteiger partial charge in [0.25, 0.3) is 0 Å². The van der Waals surface area contributed by atoms with E-state index in [-0.39, 0.29) is 0 Å². The van der Waals surface area contributed by atoms with Gasteiger partial charge in [-0.3, -0.25) is 4.68 Å². The van der Waals surface area contributed by atoms with Gasteiger partial charge in [-0.1, -0.05) is 26.7 Å². The molecule has 0 amide bonds. The molecule has 4 nitrogen and oxygen atoms in total. The maximum atomic E-state index is 4.47. The largest absolute Gasteiger partial charge is 0.314 e. The first kappa shape index (κ1) is 15.5. The van der Waals surface area contributed by atoms with Crippen molar-refractivity contribution >= 4 is 0 Å². The summed E-state index contributed by atoms with van der Waals surface area (Å²) >= 11 is 0. The van der Waals surface area contributed by atoms with Gasteiger partial charge in [0.2, 0.25) is 0 Å². The SMILES string of the molecule is CCCC1CCC(NCC)C(Cc2ncnn2CC)C1. The third-order valence-corrected chi connectivity index (χ3v) is 4.69. The van der Waals surface area contributed by atoms with E-state index in [9.17, 15) is 0 Å². The van der Waals surface area contributed by atoms with Crippen LogP contribution in [0.25, 0.3) is 0 Å². The van der Waals surface area contributed by atoms with E-state index in [0.29, 0.717) is 6.04 Å². The van der Waals surface area contributed by atoms with Gasteiger partial charge >= 0.3 is 0 Å². The summed E-state index contributed by atoms with van der Waals surface area (Å²) in [5, 5.41) is 8.00. The Morgan fingerprint density at radius 3 is 2.85 bits per heavy atom. The normalized spacial score (nSPS) is 26.9. The molecule has 0 radical (unpaired) electrons. The fourth-order valence-corrected chi connectivity index (χ4v) is 3.73. The first-order valence-electron chi connectivity index (χ1n) is 8.38. The molecule has 1 aliphatic carbocycles. The average Bonchev–Trinajstić information content (AvgIpc) is 2.89. The van der Waals surface area contributed by atoms with E-state index in [1.165, 1.54) is 32.1 Å². The van der Waals surface area contributed by atoms with Gasteiger partial charge in [-0.25, -0.2) is 4.98 Å². The number of aryl methyl sites for hydroxylation is 1. The summed E-state index contributed by atoms with van der Waals surface area (Å²) in [6.45, 7) is 8.65. The van der Waals surface area contributed by atoms with Crippen molar-refractivity contribution in [1.82, 2.24) is 20.1 Å². The summed E-state index contributed by atoms with van der Waals surface area (Å²) in [7, 11) is 0. The Bertz CT molecular complexity index is 388. The lowest BCUT2D eigenvalue weighted by atomic mass is 9.75. The molecule has 1 aromatic rings. The average molecular weight is 278 g/mol. The lowest BCUT2D eigenvalue weighted by molar-refractivity contribution is 0.192. The summed E-state index contributed by atoms with van der Waals surface area (Å²) in [6, 6.07) is 0.662. The van der Waals surface area contributed by atoms with Crippen LogP contribution >= 0.6 is 0 Å². The van der Waals surface area contributed by atoms with Gasteiger partial charge in [0.05, 0.1) is 0 Å². The molecule has 1 saturated carbocycles. The maximum absolute atomic E-state index is 4.47. The number of nitrogens with zero attached hydrogens (tertiary/aromatic N) is 3. The summed E-state index contributed by atoms with van der Waals surface area (Å²) in [6.07, 6.45) is 9.54. The number of hydrogen-bond donors (Lipinski definition) is 1. The Morgan fingerprint density at radius 1 is 1.30 bits per heavy atom. The molecule has 114 valence electrons. The van der Waals surface area contributed by atoms with Gasteiger partial charge in [0.15, 0.2) is 0 Å². The van der Waals surface area contributed by atoms with Gasteiger partial charge in [-0.05, 0) is 44.6 Å². The topological polar surface area (TPSA) is 42.7 Å². The highest BCUT2D eigenvalue weighted by Gasteiger charge is 2.30. The van der Waals surface area contributed by atoms with Crippen LogP contribution in [0.15, 0.2) is 6.33 Å². The minimum absolute atomic E-state index is 0.662. The fourth-order valence-electron chi connectivity index (χ4n) is 3.73. The van der Waals surface area contributed by atoms with E-state index in [1.54, 1.807) is 6.33 Å². The van der Waals surface area contributed by atoms with Crippen LogP contribution in [0.4, 0.5) is 0 Å². The molecule has 2 rings (SSSR count). The molecule has 0 aliphatic heterocycles. The highest BCUT2D eigenvalue weighted by atomic mass is 15.3. The van der Waals surface area contributed by atoms with Gasteiger partial charge in [0, 0.05) is 19.0 Å². The van der Waals surface area contributed by atoms with E-state index >= 15 is 0 Å². The van der Waals surface area contributed by atoms with Crippen LogP contribution in [0.2, 0.25) is 0 Å². The van der Waals surface area contributed by atoms with Crippen LogP contribution in [-0.2, 0) is 13.0 Å². The molecule has 1 aliphatic rings. The van der Waals surface area contributed by atoms with Crippen molar-refractivity contribution in [2.24, 2.45) is 11.8 Å². The highest BCUT2D eigenvalue weighted by Crippen LogP contribution is 2.33. The second-order valence-corrected chi connectivity index (χ2v) is 6.09. The van der Waals surface area contributed by atoms with Crippen molar-refractivity contribution < 1.29 is 0 Å². The minimum Gasteiger partial charge on any atom is -0.314 e. The molecule has 3 unspecified atom stereocenters. The molecule has 1 N–H and O–H groups in total. The third kappa shape index (κ3) is 3.81. The van der Waals surface area contributed by atoms with E-state index < -0.39 is 0 Å². The van der Waals surface area contributed by atoms with Crippen molar-refractivity contribution in [2.75, 3.05) is 6.54 Å². The molecule has 1 aromatic heterocycles. The standard InChI is InChI=1S/C16H30N4/c1-4-7-13-8-9-15(17-5-2)14(10-13)11-16-18-12-19-20(16)6-3/h12-15,17H,4-11H2,1-3H3. The Hall–Kier alpha value is -0.900. The molecule has 20 heavy (non-hydrogen) atoms. The van der Waals surface area contributed by atoms with Crippen molar-refractivity contribution in [3.05, 3.63) is 12.2 Å². The molecule has 3 atom stereocenters. The lowest BCUT2D eigenvalue weighted by Gasteiger charge is -2.36. The van der Waals surface area contributed by atoms with Gasteiger partial charge < -0.3 is 5.32 Å². The summed E-state index contributed by atoms with van der Waals surface area (Å²) in [5.41, 5.74) is 0. The number of rotatable bonds is 7. The van der Waals surface area contributed by atoms with Gasteiger partial charge in [0.1, 0.15) is 12.2 Å². The van der Waals surface area contributed by atoms with Crippen LogP contribution in [0.5, 0.6) is 0 Å². The zero-order chi connectivity index (χ0) is 14.4. The summed E-state index contributed by atoms with van der Waals surface area (Å²) in [4.78, 5) is 4.47. The smallest absolute Gasteiger partial charge is 0.138 e. The molecule has 4 heteroatoms. The van der Waals surface area contributed by atoms with Crippen LogP contribution in [0.3, 0.4) is 0 Å². The van der Waals surface area contributed by atoms with Crippen molar-refractivity contribution in [3.8, 4) is 0 Å². The number of hydrogen-bond acceptors (Lipinski definition) is 3. The predicted octanol–water partition coefficient (Wildman–Crippen LogP) is 3.04.